The lowest BCUT2D eigenvalue weighted by molar-refractivity contribution is -0.129. The van der Waals surface area contributed by atoms with E-state index in [2.05, 4.69) is 4.99 Å². The Balaban J connectivity index is 1.76. The van der Waals surface area contributed by atoms with Gasteiger partial charge in [0.05, 0.1) is 0 Å². The Morgan fingerprint density at radius 1 is 0.917 bits per heavy atom. The number of cyclic esters (lactones) is 1. The van der Waals surface area contributed by atoms with Gasteiger partial charge in [-0.3, -0.25) is 0 Å². The number of carbonyl (C=O) groups excluding carboxylic acids is 1. The first-order valence-electron chi connectivity index (χ1n) is 7.78. The molecule has 24 heavy (non-hydrogen) atoms. The minimum absolute atomic E-state index is 0.321. The Hall–Kier alpha value is -3.20. The largest absolute Gasteiger partial charge is 0.402 e. The van der Waals surface area contributed by atoms with E-state index in [0.717, 1.165) is 27.5 Å². The average Bonchev–Trinajstić information content (AvgIpc) is 2.97. The summed E-state index contributed by atoms with van der Waals surface area (Å²) in [4.78, 5) is 16.5. The third-order valence-corrected chi connectivity index (χ3v) is 4.03. The lowest BCUT2D eigenvalue weighted by Gasteiger charge is -2.01. The van der Waals surface area contributed by atoms with Gasteiger partial charge in [-0.15, -0.1) is 0 Å². The average molecular weight is 313 g/mol. The zero-order valence-corrected chi connectivity index (χ0v) is 13.2. The third kappa shape index (κ3) is 2.61. The van der Waals surface area contributed by atoms with E-state index in [4.69, 9.17) is 4.74 Å². The zero-order chi connectivity index (χ0) is 16.5. The first kappa shape index (κ1) is 14.4. The van der Waals surface area contributed by atoms with Crippen LogP contribution < -0.4 is 0 Å². The molecule has 0 saturated heterocycles. The van der Waals surface area contributed by atoms with Gasteiger partial charge in [-0.1, -0.05) is 60.2 Å². The number of hydrogen-bond donors (Lipinski definition) is 0. The quantitative estimate of drug-likeness (QED) is 0.516. The minimum atomic E-state index is -0.418. The number of benzene rings is 3. The Labute approximate surface area is 139 Å². The molecule has 3 aromatic rings. The molecule has 0 aliphatic carbocycles. The molecular weight excluding hydrogens is 298 g/mol. The monoisotopic (exact) mass is 313 g/mol. The fourth-order valence-electron chi connectivity index (χ4n) is 2.75. The summed E-state index contributed by atoms with van der Waals surface area (Å²) in [7, 11) is 0. The molecule has 1 heterocycles. The van der Waals surface area contributed by atoms with Crippen molar-refractivity contribution in [2.45, 2.75) is 6.92 Å². The van der Waals surface area contributed by atoms with Crippen LogP contribution in [0.15, 0.2) is 77.4 Å². The van der Waals surface area contributed by atoms with Gasteiger partial charge in [-0.2, -0.15) is 0 Å². The summed E-state index contributed by atoms with van der Waals surface area (Å²) in [5.74, 6) is -0.0648. The van der Waals surface area contributed by atoms with Crippen molar-refractivity contribution >= 4 is 28.7 Å². The lowest BCUT2D eigenvalue weighted by Crippen LogP contribution is -2.05. The molecule has 0 radical (unpaired) electrons. The second-order valence-electron chi connectivity index (χ2n) is 5.77. The minimum Gasteiger partial charge on any atom is -0.402 e. The maximum Gasteiger partial charge on any atom is 0.363 e. The van der Waals surface area contributed by atoms with Gasteiger partial charge < -0.3 is 4.74 Å². The number of esters is 1. The number of hydrogen-bond acceptors (Lipinski definition) is 3. The molecule has 0 amide bonds. The smallest absolute Gasteiger partial charge is 0.363 e. The highest BCUT2D eigenvalue weighted by molar-refractivity contribution is 6.13. The number of carbonyl (C=O) groups is 1. The molecule has 0 fully saturated rings. The summed E-state index contributed by atoms with van der Waals surface area (Å²) < 4.78 is 5.33. The highest BCUT2D eigenvalue weighted by Crippen LogP contribution is 2.24. The van der Waals surface area contributed by atoms with Crippen molar-refractivity contribution in [2.75, 3.05) is 0 Å². The van der Waals surface area contributed by atoms with E-state index in [9.17, 15) is 4.79 Å². The van der Waals surface area contributed by atoms with Gasteiger partial charge >= 0.3 is 5.97 Å². The zero-order valence-electron chi connectivity index (χ0n) is 13.2. The maximum absolute atomic E-state index is 12.2. The van der Waals surface area contributed by atoms with Crippen molar-refractivity contribution in [3.63, 3.8) is 0 Å². The highest BCUT2D eigenvalue weighted by atomic mass is 16.6. The normalized spacial score (nSPS) is 15.6. The fraction of sp³-hybridized carbons (Fsp3) is 0.0476. The van der Waals surface area contributed by atoms with Crippen LogP contribution in [0.25, 0.3) is 16.8 Å². The number of nitrogens with zero attached hydrogens (tertiary/aromatic N) is 1. The van der Waals surface area contributed by atoms with Crippen molar-refractivity contribution in [3.05, 3.63) is 89.1 Å². The van der Waals surface area contributed by atoms with Crippen LogP contribution in [0.1, 0.15) is 16.7 Å². The summed E-state index contributed by atoms with van der Waals surface area (Å²) in [6.45, 7) is 2.01. The Kier molecular flexibility index (Phi) is 3.47. The van der Waals surface area contributed by atoms with E-state index in [1.807, 2.05) is 73.7 Å². The summed E-state index contributed by atoms with van der Waals surface area (Å²) in [6, 6.07) is 21.8. The first-order valence-corrected chi connectivity index (χ1v) is 7.78. The van der Waals surface area contributed by atoms with Gasteiger partial charge in [-0.05, 0) is 41.5 Å². The third-order valence-electron chi connectivity index (χ3n) is 4.03. The Morgan fingerprint density at radius 2 is 1.67 bits per heavy atom. The fourth-order valence-corrected chi connectivity index (χ4v) is 2.75. The molecule has 0 aromatic heterocycles. The van der Waals surface area contributed by atoms with E-state index in [1.165, 1.54) is 0 Å². The van der Waals surface area contributed by atoms with Crippen LogP contribution in [0.4, 0.5) is 0 Å². The number of rotatable bonds is 2. The van der Waals surface area contributed by atoms with Gasteiger partial charge in [0.15, 0.2) is 5.70 Å². The van der Waals surface area contributed by atoms with Crippen LogP contribution in [-0.2, 0) is 9.53 Å². The van der Waals surface area contributed by atoms with Gasteiger partial charge in [0.1, 0.15) is 0 Å². The van der Waals surface area contributed by atoms with E-state index in [1.54, 1.807) is 6.08 Å². The van der Waals surface area contributed by atoms with Crippen molar-refractivity contribution in [1.82, 2.24) is 0 Å². The first-order chi connectivity index (χ1) is 11.7. The van der Waals surface area contributed by atoms with Gasteiger partial charge in [0.25, 0.3) is 0 Å². The van der Waals surface area contributed by atoms with Crippen molar-refractivity contribution in [3.8, 4) is 0 Å². The molecule has 3 heteroatoms. The predicted molar refractivity (Wildman–Crippen MR) is 95.7 cm³/mol. The second kappa shape index (κ2) is 5.78. The molecule has 4 rings (SSSR count). The molecule has 1 aliphatic rings. The number of ether oxygens (including phenoxy) is 1. The summed E-state index contributed by atoms with van der Waals surface area (Å²) >= 11 is 0. The molecule has 3 aromatic carbocycles. The number of fused-ring (bicyclic) bond motifs is 1. The van der Waals surface area contributed by atoms with Crippen LogP contribution in [0.3, 0.4) is 0 Å². The van der Waals surface area contributed by atoms with Crippen LogP contribution >= 0.6 is 0 Å². The van der Waals surface area contributed by atoms with E-state index >= 15 is 0 Å². The van der Waals surface area contributed by atoms with Crippen molar-refractivity contribution in [2.24, 2.45) is 4.99 Å². The summed E-state index contributed by atoms with van der Waals surface area (Å²) in [5.41, 5.74) is 3.22. The molecule has 0 atom stereocenters. The van der Waals surface area contributed by atoms with E-state index in [0.29, 0.717) is 11.6 Å². The van der Waals surface area contributed by atoms with Crippen LogP contribution in [-0.4, -0.2) is 11.9 Å². The topological polar surface area (TPSA) is 38.7 Å². The molecule has 0 N–H and O–H groups in total. The molecule has 0 saturated carbocycles. The molecule has 0 spiro atoms. The lowest BCUT2D eigenvalue weighted by atomic mass is 10.0. The second-order valence-corrected chi connectivity index (χ2v) is 5.77. The predicted octanol–water partition coefficient (Wildman–Crippen LogP) is 4.49. The standard InChI is InChI=1S/C21H15NO2/c1-14-9-11-16(12-10-14)20-22-19(21(23)24-20)13-17-7-4-6-15-5-2-3-8-18(15)17/h2-13H,1H3. The van der Waals surface area contributed by atoms with Crippen molar-refractivity contribution in [1.29, 1.82) is 0 Å². The number of aliphatic imine (C=N–C) groups is 1. The highest BCUT2D eigenvalue weighted by Gasteiger charge is 2.24. The van der Waals surface area contributed by atoms with E-state index < -0.39 is 5.97 Å². The van der Waals surface area contributed by atoms with Gasteiger partial charge in [0, 0.05) is 5.56 Å². The maximum atomic E-state index is 12.2. The Morgan fingerprint density at radius 3 is 2.50 bits per heavy atom. The van der Waals surface area contributed by atoms with Crippen LogP contribution in [0.5, 0.6) is 0 Å². The van der Waals surface area contributed by atoms with Crippen LogP contribution in [0, 0.1) is 6.92 Å². The molecule has 0 bridgehead atoms. The molecule has 0 unspecified atom stereocenters. The van der Waals surface area contributed by atoms with Gasteiger partial charge in [0.2, 0.25) is 5.90 Å². The summed E-state index contributed by atoms with van der Waals surface area (Å²) in [5, 5.41) is 2.21. The summed E-state index contributed by atoms with van der Waals surface area (Å²) in [6.07, 6.45) is 1.78. The van der Waals surface area contributed by atoms with E-state index in [-0.39, 0.29) is 0 Å². The molecule has 3 nitrogen and oxygen atoms in total. The number of aryl methyl sites for hydroxylation is 1. The SMILES string of the molecule is Cc1ccc(C2=NC(=Cc3cccc4ccccc34)C(=O)O2)cc1. The molecule has 116 valence electrons. The van der Waals surface area contributed by atoms with Crippen LogP contribution in [0.2, 0.25) is 0 Å². The van der Waals surface area contributed by atoms with Crippen molar-refractivity contribution < 1.29 is 9.53 Å². The van der Waals surface area contributed by atoms with Gasteiger partial charge in [-0.25, -0.2) is 9.79 Å². The molecule has 1 aliphatic heterocycles. The molecular formula is C21H15NO2. The Bertz CT molecular complexity index is 993.